The topological polar surface area (TPSA) is 0 Å². The quantitative estimate of drug-likeness (QED) is 0.143. The zero-order valence-corrected chi connectivity index (χ0v) is 38.4. The summed E-state index contributed by atoms with van der Waals surface area (Å²) in [6.07, 6.45) is 20.2. The first-order valence-corrected chi connectivity index (χ1v) is 26.8. The molecule has 0 nitrogen and oxygen atoms in total. The van der Waals surface area contributed by atoms with E-state index in [0.29, 0.717) is 76.9 Å². The Bertz CT molecular complexity index is 3850. The third-order valence-electron chi connectivity index (χ3n) is 23.5. The van der Waals surface area contributed by atoms with Crippen molar-refractivity contribution in [2.45, 2.75) is 52.8 Å². The molecule has 0 saturated heterocycles. The van der Waals surface area contributed by atoms with Crippen molar-refractivity contribution >= 4 is 11.6 Å². The minimum absolute atomic E-state index is 0.228. The SMILES string of the molecule is C=Cc1cccc(C2C3C4=C5C6=C3C3(c7ccccc7)c7c8c9c%10c%11c7[C@]6(c6ccccc6)C6=C7C%12C(=CC%13C%14=CC(C9CC8C23)C%10C%14C(=C6%11)C%13%12)C(C4C2=CC=CC(C=C)C2)C57c2ccccc2)c1. The summed E-state index contributed by atoms with van der Waals surface area (Å²) >= 11 is 0. The second kappa shape index (κ2) is 10.3. The van der Waals surface area contributed by atoms with E-state index in [0.717, 1.165) is 6.42 Å². The first-order chi connectivity index (χ1) is 34.2. The molecule has 324 valence electrons. The van der Waals surface area contributed by atoms with Gasteiger partial charge in [0.25, 0.3) is 0 Å². The third-order valence-corrected chi connectivity index (χ3v) is 23.5. The maximum atomic E-state index is 4.48. The molecule has 16 unspecified atom stereocenters. The molecular weight excluding hydrogens is 829 g/mol. The van der Waals surface area contributed by atoms with Gasteiger partial charge in [0.15, 0.2) is 0 Å². The molecule has 16 aliphatic rings. The smallest absolute Gasteiger partial charge is 0.0720 e. The Kier molecular flexibility index (Phi) is 5.21. The van der Waals surface area contributed by atoms with Crippen molar-refractivity contribution < 1.29 is 0 Å². The zero-order chi connectivity index (χ0) is 44.1. The predicted octanol–water partition coefficient (Wildman–Crippen LogP) is 14.2. The highest BCUT2D eigenvalue weighted by Gasteiger charge is 2.86. The van der Waals surface area contributed by atoms with Crippen molar-refractivity contribution in [3.63, 3.8) is 0 Å². The lowest BCUT2D eigenvalue weighted by Gasteiger charge is -2.56. The van der Waals surface area contributed by atoms with Crippen LogP contribution in [0.25, 0.3) is 11.6 Å². The summed E-state index contributed by atoms with van der Waals surface area (Å²) in [5.74, 6) is 6.51. The summed E-state index contributed by atoms with van der Waals surface area (Å²) in [6.45, 7) is 8.90. The van der Waals surface area contributed by atoms with E-state index in [9.17, 15) is 0 Å². The second-order valence-electron chi connectivity index (χ2n) is 24.5. The Balaban J connectivity index is 1.07. The van der Waals surface area contributed by atoms with E-state index in [2.05, 4.69) is 171 Å². The second-order valence-corrected chi connectivity index (χ2v) is 24.5. The summed E-state index contributed by atoms with van der Waals surface area (Å²) < 4.78 is 0. The number of rotatable bonds is 7. The van der Waals surface area contributed by atoms with Gasteiger partial charge in [-0.3, -0.25) is 0 Å². The van der Waals surface area contributed by atoms with Gasteiger partial charge in [-0.25, -0.2) is 0 Å². The number of allylic oxidation sites excluding steroid dienone is 17. The lowest BCUT2D eigenvalue weighted by molar-refractivity contribution is 0.297. The van der Waals surface area contributed by atoms with Crippen molar-refractivity contribution in [1.29, 1.82) is 0 Å². The van der Waals surface area contributed by atoms with Crippen LogP contribution in [0.3, 0.4) is 0 Å². The number of benzene rings is 5. The van der Waals surface area contributed by atoms with E-state index >= 15 is 0 Å². The number of hydrogen-bond donors (Lipinski definition) is 0. The van der Waals surface area contributed by atoms with Crippen molar-refractivity contribution in [2.75, 3.05) is 0 Å². The largest absolute Gasteiger partial charge is 0.102 e. The molecule has 3 saturated carbocycles. The van der Waals surface area contributed by atoms with E-state index in [1.165, 1.54) is 12.0 Å². The molecule has 0 aromatic heterocycles. The van der Waals surface area contributed by atoms with Gasteiger partial charge in [0, 0.05) is 52.8 Å². The van der Waals surface area contributed by atoms with Crippen LogP contribution in [0.15, 0.2) is 221 Å². The first-order valence-electron chi connectivity index (χ1n) is 26.8. The van der Waals surface area contributed by atoms with Gasteiger partial charge in [-0.1, -0.05) is 181 Å². The lowest BCUT2D eigenvalue weighted by Crippen LogP contribution is -2.51. The minimum Gasteiger partial charge on any atom is -0.102 e. The van der Waals surface area contributed by atoms with Gasteiger partial charge in [-0.05, 0) is 154 Å². The number of hydrogen-bond acceptors (Lipinski definition) is 0. The summed E-state index contributed by atoms with van der Waals surface area (Å²) in [5, 5.41) is 0. The normalized spacial score (nSPS) is 43.2. The van der Waals surface area contributed by atoms with Gasteiger partial charge in [0.05, 0.1) is 10.8 Å². The van der Waals surface area contributed by atoms with Crippen molar-refractivity contribution in [3.8, 4) is 0 Å². The maximum absolute atomic E-state index is 4.48. The maximum Gasteiger partial charge on any atom is 0.0720 e. The standard InChI is InChI=1S/C69H48/c1-3-31-16-14-18-33(26-31)44-54-55-45(34-19-15-17-32(4-2)27-34)59-43-30-41-39-28-38-40-29-42-50-48(40)52-46(38)47(39)53-49(41)51(43)61-63-57(53)56(52)62-60(50)67(58(42)44,35-20-8-5-9-21-35)64(54)66(69(62,63)37-24-12-7-13-25-37)65(55)68(59,61)36-22-10-6-11-23-36/h3-26,28,30,32,38,40-42,44-47,49,51,54,58-59H,1-2,27,29H2/t32?,38?,40?,41?,42?,44?,45?,46?,47?,49?,51?,54?,58?,59?,67?,68?,69-/m1/s1. The summed E-state index contributed by atoms with van der Waals surface area (Å²) in [7, 11) is 0. The molecule has 0 heterocycles. The molecule has 0 bridgehead atoms. The predicted molar refractivity (Wildman–Crippen MR) is 272 cm³/mol. The van der Waals surface area contributed by atoms with Gasteiger partial charge in [-0.15, -0.1) is 6.58 Å². The molecule has 69 heavy (non-hydrogen) atoms. The van der Waals surface area contributed by atoms with Gasteiger partial charge >= 0.3 is 0 Å². The van der Waals surface area contributed by atoms with E-state index in [4.69, 9.17) is 0 Å². The fourth-order valence-corrected chi connectivity index (χ4v) is 22.9. The van der Waals surface area contributed by atoms with E-state index in [1.807, 2.05) is 55.7 Å². The van der Waals surface area contributed by atoms with Crippen molar-refractivity contribution in [3.05, 3.63) is 282 Å². The molecule has 3 fully saturated rings. The summed E-state index contributed by atoms with van der Waals surface area (Å²) in [5.41, 5.74) is 37.6. The minimum atomic E-state index is -0.350. The van der Waals surface area contributed by atoms with Gasteiger partial charge in [-0.2, -0.15) is 0 Å². The number of fused-ring (bicyclic) bond motifs is 5. The van der Waals surface area contributed by atoms with Crippen LogP contribution in [0.4, 0.5) is 0 Å². The van der Waals surface area contributed by atoms with Crippen LogP contribution in [-0.4, -0.2) is 0 Å². The van der Waals surface area contributed by atoms with E-state index < -0.39 is 0 Å². The molecule has 5 aromatic rings. The molecule has 0 aliphatic heterocycles. The Morgan fingerprint density at radius 1 is 0.594 bits per heavy atom. The van der Waals surface area contributed by atoms with Crippen molar-refractivity contribution in [2.24, 2.45) is 59.2 Å². The zero-order valence-electron chi connectivity index (χ0n) is 38.4. The molecule has 16 aliphatic carbocycles. The molecular formula is C69H48. The van der Waals surface area contributed by atoms with Crippen LogP contribution in [0.2, 0.25) is 0 Å². The molecule has 0 radical (unpaired) electrons. The Morgan fingerprint density at radius 2 is 1.36 bits per heavy atom. The van der Waals surface area contributed by atoms with Gasteiger partial charge in [0.1, 0.15) is 0 Å². The van der Waals surface area contributed by atoms with E-state index in [-0.39, 0.29) is 22.2 Å². The van der Waals surface area contributed by atoms with E-state index in [1.54, 1.807) is 61.2 Å². The monoisotopic (exact) mass is 876 g/mol. The highest BCUT2D eigenvalue weighted by atomic mass is 14.9. The fourth-order valence-electron chi connectivity index (χ4n) is 22.9. The molecule has 0 N–H and O–H groups in total. The highest BCUT2D eigenvalue weighted by molar-refractivity contribution is 6.09. The van der Waals surface area contributed by atoms with Crippen LogP contribution in [-0.2, 0) is 16.2 Å². The van der Waals surface area contributed by atoms with Crippen LogP contribution in [0.1, 0.15) is 97.7 Å². The molecule has 0 spiro atoms. The fraction of sp³-hybridized carbons (Fsp3) is 0.275. The molecule has 21 rings (SSSR count). The Morgan fingerprint density at radius 3 is 2.14 bits per heavy atom. The van der Waals surface area contributed by atoms with Gasteiger partial charge < -0.3 is 0 Å². The third kappa shape index (κ3) is 2.91. The highest BCUT2D eigenvalue weighted by Crippen LogP contribution is 2.94. The molecule has 0 heteroatoms. The first kappa shape index (κ1) is 34.7. The van der Waals surface area contributed by atoms with Crippen LogP contribution in [0.5, 0.6) is 0 Å². The Hall–Kier alpha value is -6.50. The van der Waals surface area contributed by atoms with Crippen LogP contribution in [0, 0.1) is 59.2 Å². The molecule has 17 atom stereocenters. The Labute approximate surface area is 403 Å². The average Bonchev–Trinajstić information content (AvgIpc) is 4.30. The summed E-state index contributed by atoms with van der Waals surface area (Å²) in [6, 6.07) is 46.9. The lowest BCUT2D eigenvalue weighted by atomic mass is 9.45. The van der Waals surface area contributed by atoms with Crippen LogP contribution < -0.4 is 0 Å². The average molecular weight is 877 g/mol. The summed E-state index contributed by atoms with van der Waals surface area (Å²) in [4.78, 5) is 0. The van der Waals surface area contributed by atoms with Gasteiger partial charge in [0.2, 0.25) is 0 Å². The van der Waals surface area contributed by atoms with Crippen LogP contribution >= 0.6 is 0 Å². The molecule has 0 amide bonds. The molecule has 5 aromatic carbocycles. The van der Waals surface area contributed by atoms with Crippen molar-refractivity contribution in [1.82, 2.24) is 0 Å².